The molecular formula is C28H37NO5S2. The Morgan fingerprint density at radius 1 is 1.25 bits per heavy atom. The number of H-pyrrole nitrogens is 1. The predicted molar refractivity (Wildman–Crippen MR) is 146 cm³/mol. The molecule has 6 nitrogen and oxygen atoms in total. The van der Waals surface area contributed by atoms with E-state index in [0.717, 1.165) is 42.8 Å². The van der Waals surface area contributed by atoms with Crippen molar-refractivity contribution in [1.29, 1.82) is 0 Å². The minimum absolute atomic E-state index is 0.0193. The fourth-order valence-electron chi connectivity index (χ4n) is 6.04. The Morgan fingerprint density at radius 2 is 2.08 bits per heavy atom. The molecular weight excluding hydrogens is 494 g/mol. The van der Waals surface area contributed by atoms with Crippen LogP contribution in [0.15, 0.2) is 36.7 Å². The Bertz CT molecular complexity index is 1040. The van der Waals surface area contributed by atoms with Crippen molar-refractivity contribution in [3.05, 3.63) is 47.8 Å². The van der Waals surface area contributed by atoms with Crippen molar-refractivity contribution in [3.63, 3.8) is 0 Å². The van der Waals surface area contributed by atoms with Crippen LogP contribution in [0.3, 0.4) is 0 Å². The Kier molecular flexibility index (Phi) is 8.99. The summed E-state index contributed by atoms with van der Waals surface area (Å²) in [4.78, 5) is 29.0. The summed E-state index contributed by atoms with van der Waals surface area (Å²) in [6.45, 7) is 3.68. The number of aromatic hydroxyl groups is 1. The number of phenolic OH excluding ortho intramolecular Hbond substituents is 1. The number of carbonyl (C=O) groups is 2. The summed E-state index contributed by atoms with van der Waals surface area (Å²) < 4.78 is 11.3. The van der Waals surface area contributed by atoms with Gasteiger partial charge >= 0.3 is 5.97 Å². The summed E-state index contributed by atoms with van der Waals surface area (Å²) >= 11 is 0. The Balaban J connectivity index is 1.70. The van der Waals surface area contributed by atoms with Crippen molar-refractivity contribution in [2.45, 2.75) is 69.8 Å². The van der Waals surface area contributed by atoms with E-state index in [-0.39, 0.29) is 41.2 Å². The van der Waals surface area contributed by atoms with E-state index in [1.54, 1.807) is 16.9 Å². The van der Waals surface area contributed by atoms with Gasteiger partial charge in [-0.3, -0.25) is 9.59 Å². The van der Waals surface area contributed by atoms with Gasteiger partial charge in [-0.05, 0) is 54.5 Å². The first kappa shape index (κ1) is 27.0. The number of fused-ring (bicyclic) bond motifs is 1. The van der Waals surface area contributed by atoms with Gasteiger partial charge < -0.3 is 19.6 Å². The van der Waals surface area contributed by atoms with Crippen LogP contribution in [-0.4, -0.2) is 46.6 Å². The standard InChI is InChI=1S/C28H37NO5S2/c1-4-19-7-9-28(22-8-10-29-15-22)17-36-35-16-21(20-5-6-25(32)27(13-20)33-3)12-23(31)14-26(24(28)11-19)34-18(2)30/h5-6,8,10,13,15,19,21,24,26,29,32H,4,7,9,11-12,14,16-17H2,1-3H3. The second-order valence-electron chi connectivity index (χ2n) is 10.2. The molecule has 5 unspecified atom stereocenters. The first-order valence-electron chi connectivity index (χ1n) is 12.8. The molecule has 1 saturated carbocycles. The number of benzene rings is 1. The molecule has 1 aliphatic heterocycles. The number of methoxy groups -OCH3 is 1. The van der Waals surface area contributed by atoms with Crippen LogP contribution in [0.5, 0.6) is 11.5 Å². The van der Waals surface area contributed by atoms with E-state index in [4.69, 9.17) is 9.47 Å². The zero-order valence-electron chi connectivity index (χ0n) is 21.3. The summed E-state index contributed by atoms with van der Waals surface area (Å²) in [5.41, 5.74) is 2.06. The van der Waals surface area contributed by atoms with Crippen LogP contribution in [0.4, 0.5) is 0 Å². The number of phenols is 1. The quantitative estimate of drug-likeness (QED) is 0.348. The third-order valence-electron chi connectivity index (χ3n) is 8.06. The molecule has 2 fully saturated rings. The Morgan fingerprint density at radius 3 is 2.78 bits per heavy atom. The van der Waals surface area contributed by atoms with Crippen molar-refractivity contribution in [2.24, 2.45) is 11.8 Å². The summed E-state index contributed by atoms with van der Waals surface area (Å²) in [5.74, 6) is 2.57. The van der Waals surface area contributed by atoms with Crippen LogP contribution in [0.1, 0.15) is 69.4 Å². The molecule has 1 aromatic carbocycles. The maximum absolute atomic E-state index is 13.5. The van der Waals surface area contributed by atoms with Gasteiger partial charge in [0.15, 0.2) is 11.5 Å². The molecule has 8 heteroatoms. The van der Waals surface area contributed by atoms with Gasteiger partial charge in [0.1, 0.15) is 11.9 Å². The van der Waals surface area contributed by atoms with Crippen molar-refractivity contribution >= 4 is 33.3 Å². The van der Waals surface area contributed by atoms with Gasteiger partial charge in [-0.15, -0.1) is 0 Å². The summed E-state index contributed by atoms with van der Waals surface area (Å²) in [7, 11) is 5.19. The highest BCUT2D eigenvalue weighted by Gasteiger charge is 2.49. The molecule has 2 heterocycles. The molecule has 0 amide bonds. The Hall–Kier alpha value is -2.06. The highest BCUT2D eigenvalue weighted by atomic mass is 33.1. The number of hydrogen-bond donors (Lipinski definition) is 2. The number of nitrogens with one attached hydrogen (secondary N) is 1. The lowest BCUT2D eigenvalue weighted by Gasteiger charge is -2.49. The molecule has 2 aliphatic rings. The number of carbonyl (C=O) groups excluding carboxylic acids is 2. The van der Waals surface area contributed by atoms with Gasteiger partial charge in [0.2, 0.25) is 0 Å². The lowest BCUT2D eigenvalue weighted by atomic mass is 9.59. The molecule has 2 N–H and O–H groups in total. The van der Waals surface area contributed by atoms with E-state index in [9.17, 15) is 14.7 Å². The lowest BCUT2D eigenvalue weighted by Crippen LogP contribution is -2.49. The second-order valence-corrected chi connectivity index (χ2v) is 12.7. The van der Waals surface area contributed by atoms with Crippen molar-refractivity contribution in [2.75, 3.05) is 18.6 Å². The van der Waals surface area contributed by atoms with Crippen LogP contribution < -0.4 is 4.74 Å². The molecule has 1 aliphatic carbocycles. The summed E-state index contributed by atoms with van der Waals surface area (Å²) in [5, 5.41) is 10.1. The van der Waals surface area contributed by atoms with E-state index in [2.05, 4.69) is 24.2 Å². The summed E-state index contributed by atoms with van der Waals surface area (Å²) in [6.07, 6.45) is 8.40. The zero-order chi connectivity index (χ0) is 25.7. The van der Waals surface area contributed by atoms with E-state index < -0.39 is 6.10 Å². The third kappa shape index (κ3) is 5.91. The molecule has 36 heavy (non-hydrogen) atoms. The lowest BCUT2D eigenvalue weighted by molar-refractivity contribution is -0.153. The largest absolute Gasteiger partial charge is 0.504 e. The smallest absolute Gasteiger partial charge is 0.302 e. The van der Waals surface area contributed by atoms with Gasteiger partial charge in [-0.1, -0.05) is 41.0 Å². The predicted octanol–water partition coefficient (Wildman–Crippen LogP) is 6.25. The van der Waals surface area contributed by atoms with E-state index in [0.29, 0.717) is 18.1 Å². The molecule has 0 radical (unpaired) electrons. The molecule has 0 bridgehead atoms. The molecule has 2 aromatic rings. The number of ketones is 1. The number of rotatable bonds is 5. The average molecular weight is 532 g/mol. The van der Waals surface area contributed by atoms with Crippen molar-refractivity contribution < 1.29 is 24.2 Å². The summed E-state index contributed by atoms with van der Waals surface area (Å²) in [6, 6.07) is 7.48. The monoisotopic (exact) mass is 531 g/mol. The van der Waals surface area contributed by atoms with Gasteiger partial charge in [-0.2, -0.15) is 0 Å². The fraction of sp³-hybridized carbons (Fsp3) is 0.571. The molecule has 1 aromatic heterocycles. The SMILES string of the molecule is CCC1CCC2(c3cc[nH]c3)CSSCC(c3ccc(O)c(OC)c3)CC(=O)CC(OC(C)=O)C2C1. The normalized spacial score (nSPS) is 29.6. The number of hydrogen-bond acceptors (Lipinski definition) is 7. The van der Waals surface area contributed by atoms with Gasteiger partial charge in [0.05, 0.1) is 7.11 Å². The highest BCUT2D eigenvalue weighted by Crippen LogP contribution is 2.53. The molecule has 0 spiro atoms. The van der Waals surface area contributed by atoms with Crippen LogP contribution in [0.25, 0.3) is 0 Å². The van der Waals surface area contributed by atoms with Crippen LogP contribution >= 0.6 is 21.6 Å². The fourth-order valence-corrected chi connectivity index (χ4v) is 9.09. The molecule has 1 saturated heterocycles. The minimum atomic E-state index is -0.446. The van der Waals surface area contributed by atoms with E-state index >= 15 is 0 Å². The third-order valence-corrected chi connectivity index (χ3v) is 10.7. The number of ether oxygens (including phenoxy) is 2. The van der Waals surface area contributed by atoms with Gasteiger partial charge in [-0.25, -0.2) is 0 Å². The zero-order valence-corrected chi connectivity index (χ0v) is 23.0. The first-order valence-corrected chi connectivity index (χ1v) is 15.3. The van der Waals surface area contributed by atoms with Crippen LogP contribution in [0, 0.1) is 11.8 Å². The molecule has 5 atom stereocenters. The number of aromatic nitrogens is 1. The second kappa shape index (κ2) is 12.0. The van der Waals surface area contributed by atoms with E-state index in [1.807, 2.05) is 29.1 Å². The maximum atomic E-state index is 13.5. The van der Waals surface area contributed by atoms with Crippen LogP contribution in [-0.2, 0) is 19.7 Å². The Labute approximate surface area is 221 Å². The molecule has 4 rings (SSSR count). The van der Waals surface area contributed by atoms with Gasteiger partial charge in [0.25, 0.3) is 0 Å². The maximum Gasteiger partial charge on any atom is 0.302 e. The first-order chi connectivity index (χ1) is 17.4. The van der Waals surface area contributed by atoms with Crippen LogP contribution in [0.2, 0.25) is 0 Å². The number of esters is 1. The van der Waals surface area contributed by atoms with E-state index in [1.165, 1.54) is 19.6 Å². The van der Waals surface area contributed by atoms with Gasteiger partial charge in [0, 0.05) is 60.9 Å². The number of Topliss-reactive ketones (excluding diaryl/α,β-unsaturated/α-hetero) is 1. The van der Waals surface area contributed by atoms with Crippen molar-refractivity contribution in [1.82, 2.24) is 4.98 Å². The number of aromatic amines is 1. The van der Waals surface area contributed by atoms with Crippen molar-refractivity contribution in [3.8, 4) is 11.5 Å². The molecule has 196 valence electrons. The average Bonchev–Trinajstić information content (AvgIpc) is 3.40. The topological polar surface area (TPSA) is 88.6 Å². The highest BCUT2D eigenvalue weighted by molar-refractivity contribution is 8.76. The minimum Gasteiger partial charge on any atom is -0.504 e.